The van der Waals surface area contributed by atoms with Gasteiger partial charge < -0.3 is 14.4 Å². The first kappa shape index (κ1) is 14.0. The molecule has 0 aliphatic carbocycles. The second-order valence-electron chi connectivity index (χ2n) is 6.06. The summed E-state index contributed by atoms with van der Waals surface area (Å²) in [6.45, 7) is 2.22. The normalized spacial score (nSPS) is 19.8. The molecule has 0 bridgehead atoms. The maximum absolute atomic E-state index is 5.94. The number of thiophene rings is 1. The van der Waals surface area contributed by atoms with E-state index in [1.165, 1.54) is 5.56 Å². The predicted octanol–water partition coefficient (Wildman–Crippen LogP) is 3.80. The number of aromatic nitrogens is 2. The minimum atomic E-state index is 0.264. The van der Waals surface area contributed by atoms with Gasteiger partial charge in [0.2, 0.25) is 0 Å². The van der Waals surface area contributed by atoms with Crippen LogP contribution < -0.4 is 14.4 Å². The Morgan fingerprint density at radius 2 is 2.08 bits per heavy atom. The van der Waals surface area contributed by atoms with Crippen LogP contribution in [0.5, 0.6) is 11.5 Å². The second-order valence-corrected chi connectivity index (χ2v) is 6.95. The van der Waals surface area contributed by atoms with Crippen LogP contribution in [-0.4, -0.2) is 29.7 Å². The summed E-state index contributed by atoms with van der Waals surface area (Å²) in [5.74, 6) is 2.78. The molecule has 0 spiro atoms. The SMILES string of the molecule is c1cc2c(c(C3CCCN3c3ncnc4sccc34)c1)OCCO2. The third-order valence-corrected chi connectivity index (χ3v) is 5.54. The molecule has 1 saturated heterocycles. The molecule has 0 amide bonds. The minimum absolute atomic E-state index is 0.264. The van der Waals surface area contributed by atoms with Gasteiger partial charge in [-0.2, -0.15) is 0 Å². The van der Waals surface area contributed by atoms with Crippen molar-refractivity contribution in [3.05, 3.63) is 41.5 Å². The van der Waals surface area contributed by atoms with Gasteiger partial charge in [0.1, 0.15) is 30.2 Å². The van der Waals surface area contributed by atoms with E-state index in [2.05, 4.69) is 38.4 Å². The molecule has 122 valence electrons. The minimum Gasteiger partial charge on any atom is -0.486 e. The fraction of sp³-hybridized carbons (Fsp3) is 0.333. The molecule has 5 rings (SSSR count). The Balaban J connectivity index is 1.60. The van der Waals surface area contributed by atoms with Gasteiger partial charge in [-0.05, 0) is 30.4 Å². The van der Waals surface area contributed by atoms with Crippen LogP contribution in [0.25, 0.3) is 10.2 Å². The highest BCUT2D eigenvalue weighted by atomic mass is 32.1. The first-order valence-electron chi connectivity index (χ1n) is 8.25. The van der Waals surface area contributed by atoms with Gasteiger partial charge in [0.05, 0.1) is 11.4 Å². The molecule has 24 heavy (non-hydrogen) atoms. The molecule has 0 N–H and O–H groups in total. The standard InChI is InChI=1S/C18H17N3O2S/c1-3-12(16-15(5-1)22-8-9-23-16)14-4-2-7-21(14)17-13-6-10-24-18(13)20-11-19-17/h1,3,5-6,10-11,14H,2,4,7-9H2. The highest BCUT2D eigenvalue weighted by Crippen LogP contribution is 2.45. The van der Waals surface area contributed by atoms with Gasteiger partial charge in [-0.15, -0.1) is 11.3 Å². The van der Waals surface area contributed by atoms with E-state index < -0.39 is 0 Å². The predicted molar refractivity (Wildman–Crippen MR) is 94.2 cm³/mol. The van der Waals surface area contributed by atoms with E-state index in [-0.39, 0.29) is 6.04 Å². The molecular weight excluding hydrogens is 322 g/mol. The number of hydrogen-bond acceptors (Lipinski definition) is 6. The lowest BCUT2D eigenvalue weighted by atomic mass is 10.0. The van der Waals surface area contributed by atoms with E-state index in [9.17, 15) is 0 Å². The van der Waals surface area contributed by atoms with Gasteiger partial charge in [0, 0.05) is 12.1 Å². The molecule has 1 unspecified atom stereocenters. The summed E-state index contributed by atoms with van der Waals surface area (Å²) >= 11 is 1.66. The maximum Gasteiger partial charge on any atom is 0.166 e. The van der Waals surface area contributed by atoms with Crippen LogP contribution in [0.1, 0.15) is 24.4 Å². The van der Waals surface area contributed by atoms with Gasteiger partial charge in [0.15, 0.2) is 11.5 Å². The average molecular weight is 339 g/mol. The zero-order chi connectivity index (χ0) is 15.9. The Kier molecular flexibility index (Phi) is 3.29. The monoisotopic (exact) mass is 339 g/mol. The van der Waals surface area contributed by atoms with Crippen LogP contribution >= 0.6 is 11.3 Å². The molecule has 1 atom stereocenters. The van der Waals surface area contributed by atoms with Crippen LogP contribution in [0.15, 0.2) is 36.0 Å². The highest BCUT2D eigenvalue weighted by molar-refractivity contribution is 7.16. The summed E-state index contributed by atoms with van der Waals surface area (Å²) in [6.07, 6.45) is 3.91. The van der Waals surface area contributed by atoms with Crippen LogP contribution in [0.2, 0.25) is 0 Å². The van der Waals surface area contributed by atoms with Gasteiger partial charge in [-0.25, -0.2) is 9.97 Å². The van der Waals surface area contributed by atoms with Crippen molar-refractivity contribution in [3.63, 3.8) is 0 Å². The molecule has 1 aromatic carbocycles. The first-order chi connectivity index (χ1) is 11.9. The molecule has 3 aromatic rings. The van der Waals surface area contributed by atoms with E-state index in [0.29, 0.717) is 13.2 Å². The number of para-hydroxylation sites is 1. The van der Waals surface area contributed by atoms with E-state index >= 15 is 0 Å². The Morgan fingerprint density at radius 3 is 3.08 bits per heavy atom. The van der Waals surface area contributed by atoms with Gasteiger partial charge in [-0.1, -0.05) is 12.1 Å². The lowest BCUT2D eigenvalue weighted by molar-refractivity contribution is 0.169. The molecule has 2 aliphatic heterocycles. The smallest absolute Gasteiger partial charge is 0.166 e. The summed E-state index contributed by atoms with van der Waals surface area (Å²) in [5, 5.41) is 3.21. The summed E-state index contributed by atoms with van der Waals surface area (Å²) in [6, 6.07) is 8.57. The quantitative estimate of drug-likeness (QED) is 0.711. The zero-order valence-electron chi connectivity index (χ0n) is 13.1. The Hall–Kier alpha value is -2.34. The molecule has 5 nitrogen and oxygen atoms in total. The van der Waals surface area contributed by atoms with Crippen LogP contribution in [-0.2, 0) is 0 Å². The molecule has 4 heterocycles. The summed E-state index contributed by atoms with van der Waals surface area (Å²) in [7, 11) is 0. The highest BCUT2D eigenvalue weighted by Gasteiger charge is 2.32. The summed E-state index contributed by atoms with van der Waals surface area (Å²) in [4.78, 5) is 12.4. The molecule has 2 aliphatic rings. The number of nitrogens with zero attached hydrogens (tertiary/aromatic N) is 3. The van der Waals surface area contributed by atoms with E-state index in [1.807, 2.05) is 6.07 Å². The number of benzene rings is 1. The van der Waals surface area contributed by atoms with Crippen LogP contribution in [0.4, 0.5) is 5.82 Å². The van der Waals surface area contributed by atoms with E-state index in [0.717, 1.165) is 46.9 Å². The van der Waals surface area contributed by atoms with Gasteiger partial charge in [-0.3, -0.25) is 0 Å². The largest absolute Gasteiger partial charge is 0.486 e. The second kappa shape index (κ2) is 5.63. The van der Waals surface area contributed by atoms with Gasteiger partial charge in [0.25, 0.3) is 0 Å². The van der Waals surface area contributed by atoms with Crippen LogP contribution in [0, 0.1) is 0 Å². The molecule has 0 radical (unpaired) electrons. The average Bonchev–Trinajstić information content (AvgIpc) is 3.30. The third-order valence-electron chi connectivity index (χ3n) is 4.72. The Morgan fingerprint density at radius 1 is 1.12 bits per heavy atom. The zero-order valence-corrected chi connectivity index (χ0v) is 14.0. The van der Waals surface area contributed by atoms with E-state index in [4.69, 9.17) is 9.47 Å². The van der Waals surface area contributed by atoms with Crippen molar-refractivity contribution in [1.82, 2.24) is 9.97 Å². The van der Waals surface area contributed by atoms with Crippen LogP contribution in [0.3, 0.4) is 0 Å². The van der Waals surface area contributed by atoms with Crippen molar-refractivity contribution >= 4 is 27.4 Å². The number of anilines is 1. The maximum atomic E-state index is 5.94. The number of rotatable bonds is 2. The van der Waals surface area contributed by atoms with Crippen molar-refractivity contribution in [1.29, 1.82) is 0 Å². The number of hydrogen-bond donors (Lipinski definition) is 0. The molecule has 1 fully saturated rings. The van der Waals surface area contributed by atoms with Crippen molar-refractivity contribution in [2.45, 2.75) is 18.9 Å². The fourth-order valence-electron chi connectivity index (χ4n) is 3.71. The van der Waals surface area contributed by atoms with Crippen molar-refractivity contribution in [3.8, 4) is 11.5 Å². The summed E-state index contributed by atoms with van der Waals surface area (Å²) < 4.78 is 11.7. The summed E-state index contributed by atoms with van der Waals surface area (Å²) in [5.41, 5.74) is 1.20. The van der Waals surface area contributed by atoms with Crippen molar-refractivity contribution in [2.75, 3.05) is 24.7 Å². The topological polar surface area (TPSA) is 47.5 Å². The molecule has 2 aromatic heterocycles. The van der Waals surface area contributed by atoms with E-state index in [1.54, 1.807) is 17.7 Å². The van der Waals surface area contributed by atoms with Crippen molar-refractivity contribution < 1.29 is 9.47 Å². The Bertz CT molecular complexity index is 895. The molecule has 6 heteroatoms. The van der Waals surface area contributed by atoms with Gasteiger partial charge >= 0.3 is 0 Å². The number of fused-ring (bicyclic) bond motifs is 2. The number of ether oxygens (including phenoxy) is 2. The Labute approximate surface area is 143 Å². The first-order valence-corrected chi connectivity index (χ1v) is 9.13. The van der Waals surface area contributed by atoms with Crippen molar-refractivity contribution in [2.24, 2.45) is 0 Å². The third kappa shape index (κ3) is 2.13. The molecule has 0 saturated carbocycles. The molecular formula is C18H17N3O2S. The fourth-order valence-corrected chi connectivity index (χ4v) is 4.44. The lowest BCUT2D eigenvalue weighted by Crippen LogP contribution is -2.25. The lowest BCUT2D eigenvalue weighted by Gasteiger charge is -2.29.